The Morgan fingerprint density at radius 1 is 1.14 bits per heavy atom. The van der Waals surface area contributed by atoms with Gasteiger partial charge in [0.25, 0.3) is 0 Å². The zero-order valence-corrected chi connectivity index (χ0v) is 14.6. The minimum absolute atomic E-state index is 0.0273. The van der Waals surface area contributed by atoms with Crippen LogP contribution in [-0.4, -0.2) is 28.0 Å². The van der Waals surface area contributed by atoms with Gasteiger partial charge in [-0.2, -0.15) is 5.26 Å². The molecule has 0 unspecified atom stereocenters. The molecule has 0 saturated carbocycles. The van der Waals surface area contributed by atoms with Crippen LogP contribution in [0.25, 0.3) is 11.4 Å². The summed E-state index contributed by atoms with van der Waals surface area (Å²) in [6.45, 7) is 0. The number of nitrogens with zero attached hydrogens (tertiary/aromatic N) is 4. The number of carbonyl (C=O) groups is 1. The predicted molar refractivity (Wildman–Crippen MR) is 99.9 cm³/mol. The first-order valence-corrected chi connectivity index (χ1v) is 7.99. The number of esters is 1. The van der Waals surface area contributed by atoms with Gasteiger partial charge >= 0.3 is 11.7 Å². The molecule has 0 fully saturated rings. The van der Waals surface area contributed by atoms with Gasteiger partial charge in [0.15, 0.2) is 0 Å². The van der Waals surface area contributed by atoms with Crippen molar-refractivity contribution < 1.29 is 14.5 Å². The molecule has 0 bridgehead atoms. The van der Waals surface area contributed by atoms with Crippen LogP contribution in [0.2, 0.25) is 0 Å². The van der Waals surface area contributed by atoms with Gasteiger partial charge in [-0.1, -0.05) is 0 Å². The van der Waals surface area contributed by atoms with Gasteiger partial charge in [-0.15, -0.1) is 0 Å². The lowest BCUT2D eigenvalue weighted by Crippen LogP contribution is -2.03. The zero-order valence-electron chi connectivity index (χ0n) is 14.6. The van der Waals surface area contributed by atoms with Gasteiger partial charge in [-0.3, -0.25) is 15.1 Å². The smallest absolute Gasteiger partial charge is 0.337 e. The van der Waals surface area contributed by atoms with Crippen LogP contribution < -0.4 is 5.32 Å². The number of hydrogen-bond acceptors (Lipinski definition) is 8. The number of hydrogen-bond donors (Lipinski definition) is 1. The number of ether oxygens (including phenoxy) is 1. The van der Waals surface area contributed by atoms with Crippen molar-refractivity contribution in [1.82, 2.24) is 9.97 Å². The number of benzene rings is 1. The van der Waals surface area contributed by atoms with Gasteiger partial charge < -0.3 is 10.1 Å². The number of carbonyl (C=O) groups excluding carboxylic acids is 1. The molecule has 2 aromatic heterocycles. The summed E-state index contributed by atoms with van der Waals surface area (Å²) in [5, 5.41) is 23.1. The third-order valence-corrected chi connectivity index (χ3v) is 3.79. The molecule has 3 rings (SSSR count). The van der Waals surface area contributed by atoms with E-state index in [0.29, 0.717) is 28.2 Å². The fourth-order valence-electron chi connectivity index (χ4n) is 2.39. The topological polar surface area (TPSA) is 131 Å². The van der Waals surface area contributed by atoms with Crippen molar-refractivity contribution in [3.63, 3.8) is 0 Å². The largest absolute Gasteiger partial charge is 0.465 e. The summed E-state index contributed by atoms with van der Waals surface area (Å²) in [7, 11) is 1.28. The van der Waals surface area contributed by atoms with E-state index in [4.69, 9.17) is 5.26 Å². The van der Waals surface area contributed by atoms with Gasteiger partial charge in [-0.05, 0) is 42.5 Å². The summed E-state index contributed by atoms with van der Waals surface area (Å²) in [4.78, 5) is 30.7. The summed E-state index contributed by atoms with van der Waals surface area (Å²) in [6, 6.07) is 14.2. The van der Waals surface area contributed by atoms with Gasteiger partial charge in [-0.25, -0.2) is 9.78 Å². The second-order valence-electron chi connectivity index (χ2n) is 5.56. The normalized spacial score (nSPS) is 10.0. The predicted octanol–water partition coefficient (Wildman–Crippen LogP) is 3.45. The van der Waals surface area contributed by atoms with Crippen LogP contribution in [0.5, 0.6) is 0 Å². The average Bonchev–Trinajstić information content (AvgIpc) is 2.73. The molecule has 0 aliphatic carbocycles. The number of aromatic nitrogens is 2. The van der Waals surface area contributed by atoms with E-state index < -0.39 is 10.9 Å². The van der Waals surface area contributed by atoms with Crippen molar-refractivity contribution in [2.75, 3.05) is 12.4 Å². The molecule has 138 valence electrons. The average molecular weight is 375 g/mol. The van der Waals surface area contributed by atoms with Crippen molar-refractivity contribution >= 4 is 23.2 Å². The van der Waals surface area contributed by atoms with Crippen molar-refractivity contribution in [2.24, 2.45) is 0 Å². The lowest BCUT2D eigenvalue weighted by Gasteiger charge is -2.09. The highest BCUT2D eigenvalue weighted by atomic mass is 16.6. The molecular weight excluding hydrogens is 362 g/mol. The van der Waals surface area contributed by atoms with Gasteiger partial charge in [0.1, 0.15) is 6.07 Å². The fraction of sp³-hybridized carbons (Fsp3) is 0.0526. The Hall–Kier alpha value is -4.32. The third kappa shape index (κ3) is 3.91. The Balaban J connectivity index is 1.94. The molecular formula is C19H13N5O4. The molecule has 0 aliphatic rings. The van der Waals surface area contributed by atoms with Gasteiger partial charge in [0.2, 0.25) is 5.82 Å². The summed E-state index contributed by atoms with van der Waals surface area (Å²) >= 11 is 0. The lowest BCUT2D eigenvalue weighted by atomic mass is 10.2. The Labute approximate surface area is 159 Å². The molecule has 28 heavy (non-hydrogen) atoms. The molecule has 0 spiro atoms. The molecule has 3 aromatic rings. The SMILES string of the molecule is COC(=O)c1ccc(Nc2nc(-c3ccc(C#N)cn3)ccc2[N+](=O)[O-])cc1. The van der Waals surface area contributed by atoms with Crippen LogP contribution >= 0.6 is 0 Å². The first-order valence-electron chi connectivity index (χ1n) is 7.99. The summed E-state index contributed by atoms with van der Waals surface area (Å²) in [6.07, 6.45) is 1.40. The molecule has 0 saturated heterocycles. The third-order valence-electron chi connectivity index (χ3n) is 3.79. The van der Waals surface area contributed by atoms with Crippen molar-refractivity contribution in [3.8, 4) is 17.5 Å². The van der Waals surface area contributed by atoms with E-state index in [1.807, 2.05) is 6.07 Å². The summed E-state index contributed by atoms with van der Waals surface area (Å²) < 4.78 is 4.64. The molecule has 9 nitrogen and oxygen atoms in total. The molecule has 0 atom stereocenters. The maximum atomic E-state index is 11.5. The van der Waals surface area contributed by atoms with Crippen molar-refractivity contribution in [2.45, 2.75) is 0 Å². The number of nitriles is 1. The first kappa shape index (κ1) is 18.5. The summed E-state index contributed by atoms with van der Waals surface area (Å²) in [5.41, 5.74) is 1.92. The van der Waals surface area contributed by atoms with Crippen LogP contribution in [0.4, 0.5) is 17.2 Å². The van der Waals surface area contributed by atoms with E-state index in [2.05, 4.69) is 20.0 Å². The standard InChI is InChI=1S/C19H13N5O4/c1-28-19(25)13-3-5-14(6-4-13)22-18-17(24(26)27)9-8-16(23-18)15-7-2-12(10-20)11-21-15/h2-9,11H,1H3,(H,22,23). The van der Waals surface area contributed by atoms with Crippen molar-refractivity contribution in [3.05, 3.63) is 76.0 Å². The maximum Gasteiger partial charge on any atom is 0.337 e. The minimum Gasteiger partial charge on any atom is -0.465 e. The van der Waals surface area contributed by atoms with Crippen LogP contribution in [0, 0.1) is 21.4 Å². The lowest BCUT2D eigenvalue weighted by molar-refractivity contribution is -0.384. The molecule has 1 N–H and O–H groups in total. The molecule has 1 aromatic carbocycles. The molecule has 2 heterocycles. The van der Waals surface area contributed by atoms with Crippen LogP contribution in [0.15, 0.2) is 54.7 Å². The number of nitrogens with one attached hydrogen (secondary N) is 1. The van der Waals surface area contributed by atoms with E-state index in [1.165, 1.54) is 37.6 Å². The van der Waals surface area contributed by atoms with Crippen LogP contribution in [0.3, 0.4) is 0 Å². The second-order valence-corrected chi connectivity index (χ2v) is 5.56. The van der Waals surface area contributed by atoms with Crippen LogP contribution in [-0.2, 0) is 4.74 Å². The molecule has 0 amide bonds. The van der Waals surface area contributed by atoms with Crippen LogP contribution in [0.1, 0.15) is 15.9 Å². The number of methoxy groups -OCH3 is 1. The summed E-state index contributed by atoms with van der Waals surface area (Å²) in [5.74, 6) is -0.455. The maximum absolute atomic E-state index is 11.5. The highest BCUT2D eigenvalue weighted by molar-refractivity contribution is 5.89. The van der Waals surface area contributed by atoms with E-state index in [0.717, 1.165) is 0 Å². The van der Waals surface area contributed by atoms with Crippen molar-refractivity contribution in [1.29, 1.82) is 5.26 Å². The number of pyridine rings is 2. The first-order chi connectivity index (χ1) is 13.5. The number of anilines is 2. The second kappa shape index (κ2) is 7.92. The van der Waals surface area contributed by atoms with E-state index in [9.17, 15) is 14.9 Å². The molecule has 0 radical (unpaired) electrons. The molecule has 9 heteroatoms. The Kier molecular flexibility index (Phi) is 5.23. The quantitative estimate of drug-likeness (QED) is 0.407. The monoisotopic (exact) mass is 375 g/mol. The Morgan fingerprint density at radius 2 is 1.86 bits per heavy atom. The van der Waals surface area contributed by atoms with Gasteiger partial charge in [0, 0.05) is 18.0 Å². The van der Waals surface area contributed by atoms with E-state index >= 15 is 0 Å². The number of nitro groups is 1. The zero-order chi connectivity index (χ0) is 20.1. The minimum atomic E-state index is -0.547. The van der Waals surface area contributed by atoms with Gasteiger partial charge in [0.05, 0.1) is 34.5 Å². The Bertz CT molecular complexity index is 1070. The fourth-order valence-corrected chi connectivity index (χ4v) is 2.39. The Morgan fingerprint density at radius 3 is 2.43 bits per heavy atom. The molecule has 0 aliphatic heterocycles. The number of rotatable bonds is 5. The highest BCUT2D eigenvalue weighted by Crippen LogP contribution is 2.29. The van der Waals surface area contributed by atoms with E-state index in [-0.39, 0.29) is 11.5 Å². The highest BCUT2D eigenvalue weighted by Gasteiger charge is 2.17. The van der Waals surface area contributed by atoms with E-state index in [1.54, 1.807) is 24.3 Å².